The molecule has 1 saturated heterocycles. The molecule has 0 radical (unpaired) electrons. The molecule has 164 valence electrons. The average molecular weight is 444 g/mol. The van der Waals surface area contributed by atoms with Crippen molar-refractivity contribution in [3.63, 3.8) is 0 Å². The Morgan fingerprint density at radius 3 is 2.65 bits per heavy atom. The highest BCUT2D eigenvalue weighted by Gasteiger charge is 2.20. The molecule has 0 bridgehead atoms. The van der Waals surface area contributed by atoms with E-state index < -0.39 is 10.0 Å². The van der Waals surface area contributed by atoms with Gasteiger partial charge in [-0.2, -0.15) is 0 Å². The highest BCUT2D eigenvalue weighted by molar-refractivity contribution is 7.88. The molecule has 0 aliphatic carbocycles. The standard InChI is InChI=1S/C21H25N5O4S/c1-13(25-31(3,28)29)14-4-6-15(7-5-14)17-10-18-19(21(27)26(2)12-22-18)20(24-17)23-16-8-9-30-11-16/h4-7,10,12-13,16,25H,8-9,11H2,1-3H3,(H,23,24)/t13-,16+/m0/s1. The van der Waals surface area contributed by atoms with Crippen LogP contribution in [0.1, 0.15) is 24.9 Å². The first-order valence-corrected chi connectivity index (χ1v) is 11.9. The van der Waals surface area contributed by atoms with E-state index in [1.807, 2.05) is 24.3 Å². The molecule has 0 unspecified atom stereocenters. The van der Waals surface area contributed by atoms with Gasteiger partial charge in [0, 0.05) is 25.3 Å². The topological polar surface area (TPSA) is 115 Å². The zero-order chi connectivity index (χ0) is 22.2. The quantitative estimate of drug-likeness (QED) is 0.597. The summed E-state index contributed by atoms with van der Waals surface area (Å²) in [6, 6.07) is 9.01. The summed E-state index contributed by atoms with van der Waals surface area (Å²) >= 11 is 0. The van der Waals surface area contributed by atoms with E-state index >= 15 is 0 Å². The van der Waals surface area contributed by atoms with Crippen LogP contribution < -0.4 is 15.6 Å². The highest BCUT2D eigenvalue weighted by Crippen LogP contribution is 2.27. The molecule has 2 atom stereocenters. The molecule has 4 rings (SSSR count). The fourth-order valence-electron chi connectivity index (χ4n) is 3.65. The maximum Gasteiger partial charge on any atom is 0.264 e. The minimum atomic E-state index is -3.30. The lowest BCUT2D eigenvalue weighted by atomic mass is 10.0. The molecule has 1 aromatic carbocycles. The number of rotatable bonds is 6. The lowest BCUT2D eigenvalue weighted by molar-refractivity contribution is 0.195. The fraction of sp³-hybridized carbons (Fsp3) is 0.381. The summed E-state index contributed by atoms with van der Waals surface area (Å²) in [7, 11) is -1.64. The number of fused-ring (bicyclic) bond motifs is 1. The summed E-state index contributed by atoms with van der Waals surface area (Å²) in [6.45, 7) is 3.02. The highest BCUT2D eigenvalue weighted by atomic mass is 32.2. The van der Waals surface area contributed by atoms with Gasteiger partial charge in [0.25, 0.3) is 5.56 Å². The molecule has 1 fully saturated rings. The number of aryl methyl sites for hydroxylation is 1. The van der Waals surface area contributed by atoms with Crippen molar-refractivity contribution >= 4 is 26.7 Å². The fourth-order valence-corrected chi connectivity index (χ4v) is 4.43. The molecule has 0 amide bonds. The summed E-state index contributed by atoms with van der Waals surface area (Å²) in [5.41, 5.74) is 2.74. The van der Waals surface area contributed by atoms with Gasteiger partial charge in [0.1, 0.15) is 11.2 Å². The second kappa shape index (κ2) is 8.37. The van der Waals surface area contributed by atoms with Gasteiger partial charge in [-0.25, -0.2) is 23.1 Å². The molecule has 0 spiro atoms. The summed E-state index contributed by atoms with van der Waals surface area (Å²) in [4.78, 5) is 21.9. The van der Waals surface area contributed by atoms with Gasteiger partial charge in [0.15, 0.2) is 0 Å². The molecule has 1 aliphatic heterocycles. The van der Waals surface area contributed by atoms with Crippen LogP contribution in [-0.4, -0.2) is 48.5 Å². The second-order valence-electron chi connectivity index (χ2n) is 7.85. The Bertz CT molecular complexity index is 1270. The first-order valence-electron chi connectivity index (χ1n) is 9.99. The van der Waals surface area contributed by atoms with Gasteiger partial charge < -0.3 is 14.6 Å². The number of hydrogen-bond acceptors (Lipinski definition) is 7. The maximum absolute atomic E-state index is 12.8. The molecule has 1 aliphatic rings. The van der Waals surface area contributed by atoms with Crippen LogP contribution in [0.3, 0.4) is 0 Å². The predicted octanol–water partition coefficient (Wildman–Crippen LogP) is 1.81. The summed E-state index contributed by atoms with van der Waals surface area (Å²) < 4.78 is 32.4. The minimum absolute atomic E-state index is 0.0844. The number of aromatic nitrogens is 3. The monoisotopic (exact) mass is 443 g/mol. The number of nitrogens with zero attached hydrogens (tertiary/aromatic N) is 3. The largest absolute Gasteiger partial charge is 0.379 e. The van der Waals surface area contributed by atoms with E-state index in [9.17, 15) is 13.2 Å². The van der Waals surface area contributed by atoms with Crippen LogP contribution in [0.25, 0.3) is 22.2 Å². The molecule has 31 heavy (non-hydrogen) atoms. The van der Waals surface area contributed by atoms with Gasteiger partial charge >= 0.3 is 0 Å². The third-order valence-electron chi connectivity index (χ3n) is 5.27. The van der Waals surface area contributed by atoms with Gasteiger partial charge in [-0.3, -0.25) is 4.79 Å². The Labute approximate surface area is 180 Å². The van der Waals surface area contributed by atoms with Gasteiger partial charge in [-0.1, -0.05) is 24.3 Å². The van der Waals surface area contributed by atoms with E-state index in [1.165, 1.54) is 10.9 Å². The van der Waals surface area contributed by atoms with Crippen molar-refractivity contribution in [1.82, 2.24) is 19.3 Å². The normalized spacial score (nSPS) is 17.7. The molecule has 2 aromatic heterocycles. The third-order valence-corrected chi connectivity index (χ3v) is 6.05. The Morgan fingerprint density at radius 1 is 1.26 bits per heavy atom. The van der Waals surface area contributed by atoms with Gasteiger partial charge in [0.05, 0.1) is 36.4 Å². The Kier molecular flexibility index (Phi) is 5.78. The number of benzene rings is 1. The van der Waals surface area contributed by atoms with Crippen molar-refractivity contribution in [1.29, 1.82) is 0 Å². The SMILES string of the molecule is C[C@H](NS(C)(=O)=O)c1ccc(-c2cc3ncn(C)c(=O)c3c(N[C@@H]3CCOC3)n2)cc1. The Morgan fingerprint density at radius 2 is 2.00 bits per heavy atom. The van der Waals surface area contributed by atoms with Crippen LogP contribution in [0.15, 0.2) is 41.5 Å². The smallest absolute Gasteiger partial charge is 0.264 e. The maximum atomic E-state index is 12.8. The van der Waals surface area contributed by atoms with Crippen molar-refractivity contribution in [3.05, 3.63) is 52.6 Å². The number of nitrogens with one attached hydrogen (secondary N) is 2. The molecule has 3 heterocycles. The number of ether oxygens (including phenoxy) is 1. The average Bonchev–Trinajstić information content (AvgIpc) is 3.22. The third kappa shape index (κ3) is 4.76. The zero-order valence-electron chi connectivity index (χ0n) is 17.6. The number of anilines is 1. The number of pyridine rings is 1. The van der Waals surface area contributed by atoms with Crippen LogP contribution in [0.4, 0.5) is 5.82 Å². The van der Waals surface area contributed by atoms with E-state index in [4.69, 9.17) is 9.72 Å². The minimum Gasteiger partial charge on any atom is -0.379 e. The van der Waals surface area contributed by atoms with E-state index in [0.717, 1.165) is 23.8 Å². The van der Waals surface area contributed by atoms with E-state index in [2.05, 4.69) is 15.0 Å². The van der Waals surface area contributed by atoms with Gasteiger partial charge in [0.2, 0.25) is 10.0 Å². The second-order valence-corrected chi connectivity index (χ2v) is 9.63. The van der Waals surface area contributed by atoms with Gasteiger partial charge in [-0.05, 0) is 25.0 Å². The van der Waals surface area contributed by atoms with Crippen molar-refractivity contribution in [2.45, 2.75) is 25.4 Å². The molecule has 2 N–H and O–H groups in total. The molecule has 10 heteroatoms. The van der Waals surface area contributed by atoms with Crippen molar-refractivity contribution < 1.29 is 13.2 Å². The Hall–Kier alpha value is -2.82. The first kappa shape index (κ1) is 21.4. The first-order chi connectivity index (χ1) is 14.7. The van der Waals surface area contributed by atoms with Crippen molar-refractivity contribution in [2.24, 2.45) is 7.05 Å². The van der Waals surface area contributed by atoms with Crippen LogP contribution in [0, 0.1) is 0 Å². The number of hydrogen-bond donors (Lipinski definition) is 2. The van der Waals surface area contributed by atoms with Crippen molar-refractivity contribution in [2.75, 3.05) is 24.8 Å². The lowest BCUT2D eigenvalue weighted by Crippen LogP contribution is -2.25. The van der Waals surface area contributed by atoms with Crippen LogP contribution >= 0.6 is 0 Å². The predicted molar refractivity (Wildman–Crippen MR) is 119 cm³/mol. The summed E-state index contributed by atoms with van der Waals surface area (Å²) in [5.74, 6) is 0.493. The lowest BCUT2D eigenvalue weighted by Gasteiger charge is -2.16. The van der Waals surface area contributed by atoms with Crippen LogP contribution in [0.5, 0.6) is 0 Å². The molecule has 3 aromatic rings. The molecular weight excluding hydrogens is 418 g/mol. The van der Waals surface area contributed by atoms with E-state index in [-0.39, 0.29) is 17.6 Å². The van der Waals surface area contributed by atoms with Crippen LogP contribution in [0.2, 0.25) is 0 Å². The molecule has 9 nitrogen and oxygen atoms in total. The van der Waals surface area contributed by atoms with Gasteiger partial charge in [-0.15, -0.1) is 0 Å². The van der Waals surface area contributed by atoms with E-state index in [1.54, 1.807) is 20.0 Å². The van der Waals surface area contributed by atoms with E-state index in [0.29, 0.717) is 35.6 Å². The molecule has 0 saturated carbocycles. The summed E-state index contributed by atoms with van der Waals surface area (Å²) in [5, 5.41) is 3.80. The van der Waals surface area contributed by atoms with Crippen LogP contribution in [-0.2, 0) is 21.8 Å². The molecular formula is C21H25N5O4S. The summed E-state index contributed by atoms with van der Waals surface area (Å²) in [6.07, 6.45) is 3.48. The van der Waals surface area contributed by atoms with Crippen molar-refractivity contribution in [3.8, 4) is 11.3 Å². The number of sulfonamides is 1. The Balaban J connectivity index is 1.73. The zero-order valence-corrected chi connectivity index (χ0v) is 18.4.